The number of carbonyl (C=O) groups is 2. The number of ether oxygens (including phenoxy) is 3. The molecule has 0 aliphatic carbocycles. The number of phosphoric ester groups is 1. The highest BCUT2D eigenvalue weighted by Crippen LogP contribution is 2.43. The zero-order valence-corrected chi connectivity index (χ0v) is 36.8. The summed E-state index contributed by atoms with van der Waals surface area (Å²) >= 11 is 0. The molecule has 0 saturated carbocycles. The lowest BCUT2D eigenvalue weighted by Gasteiger charge is -2.20. The van der Waals surface area contributed by atoms with Crippen LogP contribution in [0.2, 0.25) is 0 Å². The van der Waals surface area contributed by atoms with Gasteiger partial charge >= 0.3 is 19.8 Å². The molecule has 1 fully saturated rings. The second-order valence-electron chi connectivity index (χ2n) is 15.1. The Morgan fingerprint density at radius 1 is 0.603 bits per heavy atom. The van der Waals surface area contributed by atoms with Crippen LogP contribution in [0.25, 0.3) is 0 Å². The van der Waals surface area contributed by atoms with Crippen molar-refractivity contribution in [2.24, 2.45) is 0 Å². The van der Waals surface area contributed by atoms with Gasteiger partial charge in [-0.15, -0.1) is 0 Å². The van der Waals surface area contributed by atoms with E-state index in [1.807, 2.05) is 12.2 Å². The zero-order valence-electron chi connectivity index (χ0n) is 35.9. The van der Waals surface area contributed by atoms with Crippen molar-refractivity contribution >= 4 is 19.8 Å². The van der Waals surface area contributed by atoms with Crippen molar-refractivity contribution in [3.05, 3.63) is 60.8 Å². The van der Waals surface area contributed by atoms with Crippen molar-refractivity contribution in [1.29, 1.82) is 0 Å². The van der Waals surface area contributed by atoms with Gasteiger partial charge in [-0.05, 0) is 83.5 Å². The molecule has 0 aromatic rings. The quantitative estimate of drug-likeness (QED) is 0.0177. The largest absolute Gasteiger partial charge is 0.472 e. The second-order valence-corrected chi connectivity index (χ2v) is 16.6. The predicted octanol–water partition coefficient (Wildman–Crippen LogP) is 10.9. The third kappa shape index (κ3) is 34.5. The minimum Gasteiger partial charge on any atom is -0.462 e. The van der Waals surface area contributed by atoms with E-state index in [0.717, 1.165) is 57.8 Å². The van der Waals surface area contributed by atoms with Crippen LogP contribution in [0.15, 0.2) is 60.8 Å². The van der Waals surface area contributed by atoms with Gasteiger partial charge in [-0.25, -0.2) is 4.57 Å². The molecule has 1 heterocycles. The maximum Gasteiger partial charge on any atom is 0.472 e. The molecule has 334 valence electrons. The average molecular weight is 839 g/mol. The number of phosphoric acid groups is 1. The highest BCUT2D eigenvalue weighted by atomic mass is 31.2. The molecule has 3 N–H and O–H groups in total. The summed E-state index contributed by atoms with van der Waals surface area (Å²) in [6.07, 6.45) is 43.6. The van der Waals surface area contributed by atoms with Gasteiger partial charge in [0.15, 0.2) is 6.10 Å². The molecule has 1 rings (SSSR count). The van der Waals surface area contributed by atoms with E-state index in [4.69, 9.17) is 23.8 Å². The van der Waals surface area contributed by atoms with Crippen molar-refractivity contribution in [2.45, 2.75) is 192 Å². The number of aliphatic hydroxyl groups excluding tert-OH is 2. The molecule has 3 unspecified atom stereocenters. The van der Waals surface area contributed by atoms with E-state index >= 15 is 0 Å². The molecule has 0 aromatic carbocycles. The number of rotatable bonds is 40. The number of allylic oxidation sites excluding steroid dienone is 8. The fourth-order valence-corrected chi connectivity index (χ4v) is 6.73. The van der Waals surface area contributed by atoms with E-state index in [1.54, 1.807) is 0 Å². The number of carbonyl (C=O) groups excluding carboxylic acids is 2. The third-order valence-electron chi connectivity index (χ3n) is 9.55. The Labute approximate surface area is 351 Å². The number of esters is 2. The molecule has 0 aromatic heterocycles. The molecular formula is C46H79O11P. The normalized spacial score (nSPS) is 17.9. The first-order valence-electron chi connectivity index (χ1n) is 22.4. The fourth-order valence-electron chi connectivity index (χ4n) is 5.94. The van der Waals surface area contributed by atoms with Crippen LogP contribution in [0.3, 0.4) is 0 Å². The summed E-state index contributed by atoms with van der Waals surface area (Å²) in [5.74, 6) is -1.01. The summed E-state index contributed by atoms with van der Waals surface area (Å²) in [4.78, 5) is 35.0. The van der Waals surface area contributed by atoms with Gasteiger partial charge in [-0.3, -0.25) is 18.6 Å². The van der Waals surface area contributed by atoms with Gasteiger partial charge in [0.2, 0.25) is 0 Å². The maximum atomic E-state index is 12.6. The van der Waals surface area contributed by atoms with Crippen molar-refractivity contribution in [2.75, 3.05) is 26.4 Å². The van der Waals surface area contributed by atoms with Gasteiger partial charge in [-0.2, -0.15) is 0 Å². The molecule has 0 amide bonds. The van der Waals surface area contributed by atoms with Gasteiger partial charge in [0.05, 0.1) is 32.0 Å². The Bertz CT molecular complexity index is 1210. The van der Waals surface area contributed by atoms with Gasteiger partial charge in [0.25, 0.3) is 0 Å². The zero-order chi connectivity index (χ0) is 42.4. The number of hydrogen-bond donors (Lipinski definition) is 3. The Morgan fingerprint density at radius 2 is 1.07 bits per heavy atom. The van der Waals surface area contributed by atoms with Gasteiger partial charge in [0.1, 0.15) is 12.7 Å². The van der Waals surface area contributed by atoms with Crippen molar-refractivity contribution in [3.8, 4) is 0 Å². The summed E-state index contributed by atoms with van der Waals surface area (Å²) in [6.45, 7) is 2.23. The Balaban J connectivity index is 2.29. The predicted molar refractivity (Wildman–Crippen MR) is 232 cm³/mol. The molecular weight excluding hydrogens is 759 g/mol. The van der Waals surface area contributed by atoms with Crippen molar-refractivity contribution < 1.29 is 52.5 Å². The molecule has 58 heavy (non-hydrogen) atoms. The highest BCUT2D eigenvalue weighted by molar-refractivity contribution is 7.47. The third-order valence-corrected chi connectivity index (χ3v) is 10.5. The van der Waals surface area contributed by atoms with E-state index in [-0.39, 0.29) is 19.4 Å². The number of unbranched alkanes of at least 4 members (excludes halogenated alkanes) is 14. The molecule has 1 aliphatic heterocycles. The minimum atomic E-state index is -4.64. The van der Waals surface area contributed by atoms with Crippen LogP contribution < -0.4 is 0 Å². The van der Waals surface area contributed by atoms with Crippen molar-refractivity contribution in [3.63, 3.8) is 0 Å². The SMILES string of the molecule is CCCCC/C=C\C/C=C\CCCCCCCCCC(=O)OC[C@H](COP(=O)(O)OC[C@@H](O)CO)OC(=O)CCC/C=C\C/C=C\CC1OC1C/C=C\CCCCC. The van der Waals surface area contributed by atoms with Crippen LogP contribution in [0, 0.1) is 0 Å². The minimum absolute atomic E-state index is 0.0988. The first-order valence-corrected chi connectivity index (χ1v) is 23.9. The molecule has 0 spiro atoms. The van der Waals surface area contributed by atoms with Gasteiger partial charge in [0, 0.05) is 12.8 Å². The number of aliphatic hydroxyl groups is 2. The average Bonchev–Trinajstić information content (AvgIpc) is 3.97. The van der Waals surface area contributed by atoms with E-state index in [1.165, 1.54) is 64.2 Å². The topological polar surface area (TPSA) is 161 Å². The Morgan fingerprint density at radius 3 is 1.66 bits per heavy atom. The van der Waals surface area contributed by atoms with Crippen LogP contribution in [0.1, 0.15) is 168 Å². The summed E-state index contributed by atoms with van der Waals surface area (Å²) in [5.41, 5.74) is 0. The lowest BCUT2D eigenvalue weighted by Crippen LogP contribution is -2.29. The molecule has 1 aliphatic rings. The standard InChI is InChI=1S/C46H79O11P/c1-3-5-7-9-11-12-13-14-15-16-17-18-19-20-23-27-31-35-45(49)53-39-42(40-55-58(51,52)54-38-41(48)37-47)56-46(50)36-32-28-24-21-22-26-30-34-44-43(57-44)33-29-25-10-8-6-4-2/h11-12,14-15,21,24-26,29-30,41-44,47-48H,3-10,13,16-20,22-23,27-28,31-40H2,1-2H3,(H,51,52)/b12-11-,15-14-,24-21-,29-25-,30-26-/t41-,42+,43?,44?/m0/s1. The molecule has 1 saturated heterocycles. The van der Waals surface area contributed by atoms with Crippen LogP contribution in [-0.2, 0) is 37.4 Å². The van der Waals surface area contributed by atoms with E-state index < -0.39 is 51.8 Å². The Kier molecular flexibility index (Phi) is 34.8. The van der Waals surface area contributed by atoms with E-state index in [2.05, 4.69) is 67.0 Å². The van der Waals surface area contributed by atoms with E-state index in [9.17, 15) is 24.2 Å². The first kappa shape index (κ1) is 53.6. The maximum absolute atomic E-state index is 12.6. The van der Waals surface area contributed by atoms with Crippen molar-refractivity contribution in [1.82, 2.24) is 0 Å². The van der Waals surface area contributed by atoms with Crippen LogP contribution in [0.4, 0.5) is 0 Å². The van der Waals surface area contributed by atoms with Crippen LogP contribution in [-0.4, -0.2) is 77.9 Å². The summed E-state index contributed by atoms with van der Waals surface area (Å²) < 4.78 is 38.4. The monoisotopic (exact) mass is 839 g/mol. The molecule has 0 bridgehead atoms. The fraction of sp³-hybridized carbons (Fsp3) is 0.739. The van der Waals surface area contributed by atoms with Crippen LogP contribution in [0.5, 0.6) is 0 Å². The van der Waals surface area contributed by atoms with E-state index in [0.29, 0.717) is 31.5 Å². The lowest BCUT2D eigenvalue weighted by molar-refractivity contribution is -0.161. The van der Waals surface area contributed by atoms with Gasteiger partial charge in [-0.1, -0.05) is 132 Å². The summed E-state index contributed by atoms with van der Waals surface area (Å²) in [7, 11) is -4.64. The van der Waals surface area contributed by atoms with Gasteiger partial charge < -0.3 is 29.3 Å². The summed E-state index contributed by atoms with van der Waals surface area (Å²) in [6, 6.07) is 0. The molecule has 12 heteroatoms. The van der Waals surface area contributed by atoms with Crippen LogP contribution >= 0.6 is 7.82 Å². The summed E-state index contributed by atoms with van der Waals surface area (Å²) in [5, 5.41) is 18.3. The molecule has 11 nitrogen and oxygen atoms in total. The smallest absolute Gasteiger partial charge is 0.462 e. The highest BCUT2D eigenvalue weighted by Gasteiger charge is 2.36. The Hall–Kier alpha value is -2.37. The molecule has 0 radical (unpaired) electrons. The first-order chi connectivity index (χ1) is 28.2. The second kappa shape index (κ2) is 37.6. The number of epoxide rings is 1. The number of hydrogen-bond acceptors (Lipinski definition) is 10. The molecule has 5 atom stereocenters. The lowest BCUT2D eigenvalue weighted by atomic mass is 10.1.